The van der Waals surface area contributed by atoms with Crippen molar-refractivity contribution in [2.45, 2.75) is 18.6 Å². The maximum atomic E-state index is 13.7. The van der Waals surface area contributed by atoms with E-state index in [0.29, 0.717) is 26.9 Å². The minimum absolute atomic E-state index is 0.118. The third-order valence-corrected chi connectivity index (χ3v) is 7.07. The van der Waals surface area contributed by atoms with Gasteiger partial charge in [-0.15, -0.1) is 11.3 Å². The molecular weight excluding hydrogens is 450 g/mol. The Morgan fingerprint density at radius 1 is 1.19 bits per heavy atom. The van der Waals surface area contributed by atoms with Gasteiger partial charge >= 0.3 is 0 Å². The monoisotopic (exact) mass is 469 g/mol. The van der Waals surface area contributed by atoms with Gasteiger partial charge in [0.25, 0.3) is 5.56 Å². The Hall–Kier alpha value is -2.61. The van der Waals surface area contributed by atoms with Gasteiger partial charge in [0.05, 0.1) is 17.7 Å². The minimum Gasteiger partial charge on any atom is -0.358 e. The number of nitrogens with one attached hydrogen (secondary N) is 1. The van der Waals surface area contributed by atoms with E-state index in [4.69, 9.17) is 16.6 Å². The molecule has 0 bridgehead atoms. The number of halogens is 1. The Balaban J connectivity index is 1.92. The van der Waals surface area contributed by atoms with Crippen LogP contribution in [0.15, 0.2) is 64.5 Å². The van der Waals surface area contributed by atoms with Crippen LogP contribution in [0.25, 0.3) is 21.3 Å². The molecule has 4 rings (SSSR count). The number of aryl methyl sites for hydroxylation is 1. The molecule has 0 saturated heterocycles. The first-order chi connectivity index (χ1) is 15.0. The second kappa shape index (κ2) is 9.26. The number of benzene rings is 2. The normalized spacial score (nSPS) is 11.1. The SMILES string of the molecule is CNC(=O)CSc1nc2sc(C)c(-c3cccc(Cl)c3)c2c(=O)n1Cc1ccccc1. The lowest BCUT2D eigenvalue weighted by atomic mass is 10.0. The lowest BCUT2D eigenvalue weighted by molar-refractivity contribution is -0.118. The number of carbonyl (C=O) groups excluding carboxylic acids is 1. The van der Waals surface area contributed by atoms with E-state index in [1.807, 2.05) is 61.5 Å². The standard InChI is InChI=1S/C23H20ClN3O2S2/c1-14-19(16-9-6-10-17(24)11-16)20-21(31-14)26-23(30-13-18(28)25-2)27(22(20)29)12-15-7-4-3-5-8-15/h3-11H,12-13H2,1-2H3,(H,25,28). The number of fused-ring (bicyclic) bond motifs is 1. The van der Waals surface area contributed by atoms with Gasteiger partial charge in [-0.1, -0.05) is 65.8 Å². The second-order valence-corrected chi connectivity index (χ2v) is 9.54. The molecule has 1 amide bonds. The van der Waals surface area contributed by atoms with Crippen LogP contribution in [0.4, 0.5) is 0 Å². The fourth-order valence-corrected chi connectivity index (χ4v) is 5.53. The zero-order valence-corrected chi connectivity index (χ0v) is 19.4. The molecule has 0 radical (unpaired) electrons. The molecule has 2 aromatic heterocycles. The molecule has 0 saturated carbocycles. The van der Waals surface area contributed by atoms with Crippen LogP contribution in [-0.4, -0.2) is 28.3 Å². The summed E-state index contributed by atoms with van der Waals surface area (Å²) >= 11 is 8.96. The van der Waals surface area contributed by atoms with Gasteiger partial charge < -0.3 is 5.32 Å². The third kappa shape index (κ3) is 4.54. The molecule has 2 aromatic carbocycles. The van der Waals surface area contributed by atoms with Gasteiger partial charge in [-0.05, 0) is 30.2 Å². The maximum absolute atomic E-state index is 13.7. The largest absolute Gasteiger partial charge is 0.358 e. The maximum Gasteiger partial charge on any atom is 0.263 e. The Bertz CT molecular complexity index is 1320. The number of aromatic nitrogens is 2. The Kier molecular flexibility index (Phi) is 6.46. The second-order valence-electron chi connectivity index (χ2n) is 6.96. The van der Waals surface area contributed by atoms with Crippen molar-refractivity contribution in [3.8, 4) is 11.1 Å². The van der Waals surface area contributed by atoms with Crippen molar-refractivity contribution in [3.05, 3.63) is 80.4 Å². The fourth-order valence-electron chi connectivity index (χ4n) is 3.39. The molecule has 1 N–H and O–H groups in total. The van der Waals surface area contributed by atoms with E-state index in [1.165, 1.54) is 23.1 Å². The summed E-state index contributed by atoms with van der Waals surface area (Å²) in [4.78, 5) is 32.0. The molecule has 5 nitrogen and oxygen atoms in total. The van der Waals surface area contributed by atoms with Crippen molar-refractivity contribution >= 4 is 50.8 Å². The first-order valence-electron chi connectivity index (χ1n) is 9.65. The molecule has 31 heavy (non-hydrogen) atoms. The van der Waals surface area contributed by atoms with Crippen LogP contribution in [0.2, 0.25) is 5.02 Å². The number of carbonyl (C=O) groups is 1. The van der Waals surface area contributed by atoms with E-state index < -0.39 is 0 Å². The van der Waals surface area contributed by atoms with Gasteiger partial charge in [-0.2, -0.15) is 0 Å². The van der Waals surface area contributed by atoms with Gasteiger partial charge in [0.2, 0.25) is 5.91 Å². The predicted octanol–water partition coefficient (Wildman–Crippen LogP) is 4.97. The molecule has 158 valence electrons. The molecule has 0 unspecified atom stereocenters. The average Bonchev–Trinajstić information content (AvgIpc) is 3.11. The van der Waals surface area contributed by atoms with E-state index in [2.05, 4.69) is 5.32 Å². The highest BCUT2D eigenvalue weighted by Gasteiger charge is 2.21. The number of thiophene rings is 1. The van der Waals surface area contributed by atoms with E-state index in [9.17, 15) is 9.59 Å². The molecule has 0 aliphatic heterocycles. The quantitative estimate of drug-likeness (QED) is 0.320. The number of nitrogens with zero attached hydrogens (tertiary/aromatic N) is 2. The van der Waals surface area contributed by atoms with Gasteiger partial charge in [0, 0.05) is 22.5 Å². The van der Waals surface area contributed by atoms with Crippen molar-refractivity contribution in [1.29, 1.82) is 0 Å². The number of hydrogen-bond acceptors (Lipinski definition) is 5. The summed E-state index contributed by atoms with van der Waals surface area (Å²) in [6.07, 6.45) is 0. The van der Waals surface area contributed by atoms with E-state index in [1.54, 1.807) is 11.6 Å². The van der Waals surface area contributed by atoms with Crippen LogP contribution < -0.4 is 10.9 Å². The van der Waals surface area contributed by atoms with Crippen LogP contribution in [-0.2, 0) is 11.3 Å². The first-order valence-corrected chi connectivity index (χ1v) is 11.8. The molecule has 0 atom stereocenters. The number of amides is 1. The first kappa shape index (κ1) is 21.6. The number of rotatable bonds is 6. The average molecular weight is 470 g/mol. The van der Waals surface area contributed by atoms with E-state index >= 15 is 0 Å². The Morgan fingerprint density at radius 2 is 1.97 bits per heavy atom. The van der Waals surface area contributed by atoms with Crippen LogP contribution in [0.1, 0.15) is 10.4 Å². The zero-order valence-electron chi connectivity index (χ0n) is 17.0. The summed E-state index contributed by atoms with van der Waals surface area (Å²) in [5, 5.41) is 4.35. The highest BCUT2D eigenvalue weighted by atomic mass is 35.5. The van der Waals surface area contributed by atoms with Crippen molar-refractivity contribution in [2.24, 2.45) is 0 Å². The Morgan fingerprint density at radius 3 is 2.68 bits per heavy atom. The fraction of sp³-hybridized carbons (Fsp3) is 0.174. The van der Waals surface area contributed by atoms with Crippen LogP contribution in [0, 0.1) is 6.92 Å². The van der Waals surface area contributed by atoms with Crippen molar-refractivity contribution < 1.29 is 4.79 Å². The van der Waals surface area contributed by atoms with Crippen molar-refractivity contribution in [3.63, 3.8) is 0 Å². The third-order valence-electron chi connectivity index (χ3n) is 4.86. The van der Waals surface area contributed by atoms with Gasteiger partial charge in [-0.3, -0.25) is 14.2 Å². The molecule has 0 fully saturated rings. The summed E-state index contributed by atoms with van der Waals surface area (Å²) in [5.41, 5.74) is 2.63. The highest BCUT2D eigenvalue weighted by molar-refractivity contribution is 7.99. The molecule has 4 aromatic rings. The molecule has 0 aliphatic carbocycles. The Labute approximate surface area is 193 Å². The topological polar surface area (TPSA) is 64.0 Å². The lowest BCUT2D eigenvalue weighted by Gasteiger charge is -2.12. The molecule has 0 spiro atoms. The number of hydrogen-bond donors (Lipinski definition) is 1. The van der Waals surface area contributed by atoms with Crippen LogP contribution in [0.3, 0.4) is 0 Å². The summed E-state index contributed by atoms with van der Waals surface area (Å²) in [5.74, 6) is 0.0713. The van der Waals surface area contributed by atoms with Gasteiger partial charge in [0.15, 0.2) is 5.16 Å². The smallest absolute Gasteiger partial charge is 0.263 e. The predicted molar refractivity (Wildman–Crippen MR) is 129 cm³/mol. The number of thioether (sulfide) groups is 1. The van der Waals surface area contributed by atoms with Gasteiger partial charge in [-0.25, -0.2) is 4.98 Å². The van der Waals surface area contributed by atoms with Gasteiger partial charge in [0.1, 0.15) is 4.83 Å². The highest BCUT2D eigenvalue weighted by Crippen LogP contribution is 2.37. The van der Waals surface area contributed by atoms with Crippen molar-refractivity contribution in [1.82, 2.24) is 14.9 Å². The van der Waals surface area contributed by atoms with E-state index in [0.717, 1.165) is 21.6 Å². The summed E-state index contributed by atoms with van der Waals surface area (Å²) in [7, 11) is 1.59. The molecule has 8 heteroatoms. The molecular formula is C23H20ClN3O2S2. The lowest BCUT2D eigenvalue weighted by Crippen LogP contribution is -2.25. The zero-order chi connectivity index (χ0) is 22.0. The van der Waals surface area contributed by atoms with Crippen molar-refractivity contribution in [2.75, 3.05) is 12.8 Å². The minimum atomic E-state index is -0.118. The van der Waals surface area contributed by atoms with E-state index in [-0.39, 0.29) is 17.2 Å². The van der Waals surface area contributed by atoms with Crippen LogP contribution >= 0.6 is 34.7 Å². The van der Waals surface area contributed by atoms with Crippen LogP contribution in [0.5, 0.6) is 0 Å². The summed E-state index contributed by atoms with van der Waals surface area (Å²) in [6, 6.07) is 17.3. The summed E-state index contributed by atoms with van der Waals surface area (Å²) < 4.78 is 1.66. The molecule has 0 aliphatic rings. The summed E-state index contributed by atoms with van der Waals surface area (Å²) in [6.45, 7) is 2.36. The molecule has 2 heterocycles.